The highest BCUT2D eigenvalue weighted by Gasteiger charge is 2.08. The van der Waals surface area contributed by atoms with Gasteiger partial charge in [-0.25, -0.2) is 0 Å². The molecule has 0 N–H and O–H groups in total. The first-order valence-electron chi connectivity index (χ1n) is 3.50. The third-order valence-corrected chi connectivity index (χ3v) is 2.69. The number of hydrogen-bond donors (Lipinski definition) is 0. The van der Waals surface area contributed by atoms with Crippen molar-refractivity contribution in [3.8, 4) is 0 Å². The molecule has 0 fully saturated rings. The van der Waals surface area contributed by atoms with E-state index in [1.54, 1.807) is 12.1 Å². The smallest absolute Gasteiger partial charge is 0.200 e. The lowest BCUT2D eigenvalue weighted by atomic mass is 10.2. The van der Waals surface area contributed by atoms with E-state index in [1.165, 1.54) is 5.41 Å². The molecule has 0 radical (unpaired) electrons. The Kier molecular flexibility index (Phi) is 1.35. The summed E-state index contributed by atoms with van der Waals surface area (Å²) >= 11 is 0. The van der Waals surface area contributed by atoms with Gasteiger partial charge in [0.2, 0.25) is 0 Å². The normalized spacial score (nSPS) is 17.8. The predicted molar refractivity (Wildman–Crippen MR) is 45.3 cm³/mol. The average Bonchev–Trinajstić information content (AvgIpc) is 2.21. The highest BCUT2D eigenvalue weighted by Crippen LogP contribution is 1.97. The molecule has 0 unspecified atom stereocenters. The minimum Gasteiger partial charge on any atom is -0.200 e. The van der Waals surface area contributed by atoms with Crippen molar-refractivity contribution >= 4 is 15.4 Å². The lowest BCUT2D eigenvalue weighted by Gasteiger charge is -1.86. The van der Waals surface area contributed by atoms with E-state index in [2.05, 4.69) is 4.40 Å². The van der Waals surface area contributed by atoms with Gasteiger partial charge >= 0.3 is 0 Å². The van der Waals surface area contributed by atoms with Crippen molar-refractivity contribution in [1.29, 1.82) is 0 Å². The van der Waals surface area contributed by atoms with Gasteiger partial charge in [0.1, 0.15) is 0 Å². The molecule has 0 aromatic heterocycles. The first-order valence-corrected chi connectivity index (χ1v) is 5.01. The van der Waals surface area contributed by atoms with E-state index in [4.69, 9.17) is 0 Å². The minimum atomic E-state index is -3.32. The molecule has 12 heavy (non-hydrogen) atoms. The van der Waals surface area contributed by atoms with Crippen LogP contribution in [0.15, 0.2) is 22.6 Å². The Hall–Kier alpha value is -1.16. The summed E-state index contributed by atoms with van der Waals surface area (Å²) in [5.41, 5.74) is 1.02. The largest absolute Gasteiger partial charge is 0.276 e. The molecule has 0 atom stereocenters. The van der Waals surface area contributed by atoms with Crippen molar-refractivity contribution in [2.24, 2.45) is 4.40 Å². The van der Waals surface area contributed by atoms with E-state index in [-0.39, 0.29) is 0 Å². The van der Waals surface area contributed by atoms with Gasteiger partial charge in [0.15, 0.2) is 0 Å². The number of aryl methyl sites for hydroxylation is 1. The minimum absolute atomic E-state index is 0.551. The molecule has 1 aromatic carbocycles. The molecule has 0 bridgehead atoms. The van der Waals surface area contributed by atoms with Crippen LogP contribution in [0.4, 0.5) is 0 Å². The van der Waals surface area contributed by atoms with Crippen LogP contribution in [0.25, 0.3) is 5.41 Å². The summed E-state index contributed by atoms with van der Waals surface area (Å²) in [7, 11) is -3.32. The Morgan fingerprint density at radius 2 is 2.08 bits per heavy atom. The summed E-state index contributed by atoms with van der Waals surface area (Å²) in [6.07, 6.45) is 0. The fourth-order valence-corrected chi connectivity index (χ4v) is 2.16. The fraction of sp³-hybridized carbons (Fsp3) is 0.125. The van der Waals surface area contributed by atoms with Gasteiger partial charge in [0.25, 0.3) is 10.0 Å². The molecule has 0 aliphatic carbocycles. The second-order valence-corrected chi connectivity index (χ2v) is 4.23. The van der Waals surface area contributed by atoms with Gasteiger partial charge in [-0.3, -0.25) is 0 Å². The van der Waals surface area contributed by atoms with Crippen LogP contribution in [-0.4, -0.2) is 8.42 Å². The lowest BCUT2D eigenvalue weighted by molar-refractivity contribution is 0.608. The van der Waals surface area contributed by atoms with Crippen molar-refractivity contribution in [2.75, 3.05) is 0 Å². The Morgan fingerprint density at radius 3 is 2.83 bits per heavy atom. The summed E-state index contributed by atoms with van der Waals surface area (Å²) in [6.45, 7) is 1.90. The zero-order valence-corrected chi connectivity index (χ0v) is 7.30. The van der Waals surface area contributed by atoms with Crippen LogP contribution in [-0.2, 0) is 10.0 Å². The van der Waals surface area contributed by atoms with Crippen LogP contribution in [0, 0.1) is 6.92 Å². The monoisotopic (exact) mass is 181 g/mol. The van der Waals surface area contributed by atoms with Gasteiger partial charge in [-0.05, 0) is 18.6 Å². The Bertz CT molecular complexity index is 543. The maximum Gasteiger partial charge on any atom is 0.276 e. The molecule has 1 aliphatic heterocycles. The van der Waals surface area contributed by atoms with E-state index < -0.39 is 10.0 Å². The highest BCUT2D eigenvalue weighted by atomic mass is 32.2. The third kappa shape index (κ3) is 1.14. The highest BCUT2D eigenvalue weighted by molar-refractivity contribution is 7.97. The molecule has 3 nitrogen and oxygen atoms in total. The predicted octanol–water partition coefficient (Wildman–Crippen LogP) is -0.304. The number of fused-ring (bicyclic) bond motifs is 1. The summed E-state index contributed by atoms with van der Waals surface area (Å²) in [6, 6.07) is 5.39. The van der Waals surface area contributed by atoms with Crippen LogP contribution in [0.5, 0.6) is 0 Å². The zero-order valence-electron chi connectivity index (χ0n) is 6.48. The SMILES string of the molecule is Cc1ccc2c(c1)=NS(=O)(=O)C=2. The van der Waals surface area contributed by atoms with E-state index in [0.717, 1.165) is 5.56 Å². The second-order valence-electron chi connectivity index (χ2n) is 2.79. The van der Waals surface area contributed by atoms with E-state index in [1.807, 2.05) is 13.0 Å². The number of nitrogens with zero attached hydrogens (tertiary/aromatic N) is 1. The van der Waals surface area contributed by atoms with Crippen LogP contribution < -0.4 is 10.6 Å². The first-order chi connectivity index (χ1) is 5.57. The number of rotatable bonds is 0. The Morgan fingerprint density at radius 1 is 1.33 bits per heavy atom. The lowest BCUT2D eigenvalue weighted by Crippen LogP contribution is -2.20. The van der Waals surface area contributed by atoms with E-state index >= 15 is 0 Å². The van der Waals surface area contributed by atoms with Crippen molar-refractivity contribution in [3.63, 3.8) is 0 Å². The maximum absolute atomic E-state index is 11.0. The Balaban J connectivity index is 2.96. The number of sulfonamides is 1. The topological polar surface area (TPSA) is 46.5 Å². The van der Waals surface area contributed by atoms with Gasteiger partial charge in [-0.2, -0.15) is 12.8 Å². The van der Waals surface area contributed by atoms with Crippen LogP contribution in [0.3, 0.4) is 0 Å². The Labute approximate surface area is 70.1 Å². The average molecular weight is 181 g/mol. The van der Waals surface area contributed by atoms with Gasteiger partial charge in [0, 0.05) is 5.22 Å². The molecule has 0 spiro atoms. The molecule has 1 aromatic rings. The van der Waals surface area contributed by atoms with Crippen LogP contribution >= 0.6 is 0 Å². The summed E-state index contributed by atoms with van der Waals surface area (Å²) in [4.78, 5) is 0. The number of hydrogen-bond acceptors (Lipinski definition) is 2. The van der Waals surface area contributed by atoms with Crippen LogP contribution in [0.1, 0.15) is 5.56 Å². The maximum atomic E-state index is 11.0. The van der Waals surface area contributed by atoms with E-state index in [0.29, 0.717) is 10.6 Å². The molecule has 4 heteroatoms. The van der Waals surface area contributed by atoms with Crippen molar-refractivity contribution in [2.45, 2.75) is 6.92 Å². The quantitative estimate of drug-likeness (QED) is 0.551. The van der Waals surface area contributed by atoms with Gasteiger partial charge in [-0.1, -0.05) is 12.1 Å². The molecule has 1 aliphatic rings. The molecule has 62 valence electrons. The molecular weight excluding hydrogens is 174 g/mol. The molecule has 2 rings (SSSR count). The first kappa shape index (κ1) is 7.49. The summed E-state index contributed by atoms with van der Waals surface area (Å²) < 4.78 is 25.5. The molecule has 0 saturated heterocycles. The third-order valence-electron chi connectivity index (χ3n) is 1.69. The van der Waals surface area contributed by atoms with Gasteiger partial charge < -0.3 is 0 Å². The molecule has 1 heterocycles. The molecular formula is C8H7NO2S. The van der Waals surface area contributed by atoms with E-state index in [9.17, 15) is 8.42 Å². The second kappa shape index (κ2) is 2.17. The van der Waals surface area contributed by atoms with Crippen molar-refractivity contribution in [3.05, 3.63) is 34.3 Å². The fourth-order valence-electron chi connectivity index (χ4n) is 1.16. The van der Waals surface area contributed by atoms with Crippen LogP contribution in [0.2, 0.25) is 0 Å². The molecule has 0 saturated carbocycles. The summed E-state index contributed by atoms with van der Waals surface area (Å²) in [5, 5.41) is 2.41. The standard InChI is InChI=1S/C8H7NO2S/c1-6-2-3-7-5-12(10,11)9-8(7)4-6/h2-5H,1H3. The van der Waals surface area contributed by atoms with Crippen molar-refractivity contribution < 1.29 is 8.42 Å². The van der Waals surface area contributed by atoms with Crippen molar-refractivity contribution in [1.82, 2.24) is 0 Å². The number of benzene rings is 1. The zero-order chi connectivity index (χ0) is 8.77. The van der Waals surface area contributed by atoms with Gasteiger partial charge in [-0.15, -0.1) is 0 Å². The summed E-state index contributed by atoms with van der Waals surface area (Å²) in [5.74, 6) is 0. The van der Waals surface area contributed by atoms with Gasteiger partial charge in [0.05, 0.1) is 10.8 Å². The molecule has 0 amide bonds.